The van der Waals surface area contributed by atoms with Gasteiger partial charge in [-0.2, -0.15) is 0 Å². The van der Waals surface area contributed by atoms with Crippen LogP contribution in [-0.4, -0.2) is 16.1 Å². The summed E-state index contributed by atoms with van der Waals surface area (Å²) < 4.78 is 1.97. The normalized spacial score (nSPS) is 10.7. The lowest BCUT2D eigenvalue weighted by Gasteiger charge is -2.00. The second-order valence-electron chi connectivity index (χ2n) is 4.88. The Morgan fingerprint density at radius 3 is 2.00 bits per heavy atom. The summed E-state index contributed by atoms with van der Waals surface area (Å²) >= 11 is 8.25. The van der Waals surface area contributed by atoms with Gasteiger partial charge in [0.1, 0.15) is 5.01 Å². The molecule has 2 aromatic carbocycles. The predicted molar refractivity (Wildman–Crippen MR) is 99.7 cm³/mol. The molecule has 0 bridgehead atoms. The lowest BCUT2D eigenvalue weighted by molar-refractivity contribution is -0.136. The van der Waals surface area contributed by atoms with Crippen molar-refractivity contribution in [1.29, 1.82) is 0 Å². The van der Waals surface area contributed by atoms with Gasteiger partial charge in [-0.05, 0) is 24.3 Å². The van der Waals surface area contributed by atoms with Crippen molar-refractivity contribution in [3.8, 4) is 21.8 Å². The fourth-order valence-corrected chi connectivity index (χ4v) is 3.77. The number of carboxylic acids is 1. The molecule has 3 aromatic rings. The number of rotatable bonds is 4. The zero-order valence-corrected chi connectivity index (χ0v) is 15.8. The van der Waals surface area contributed by atoms with Crippen molar-refractivity contribution < 1.29 is 9.90 Å². The Morgan fingerprint density at radius 1 is 0.957 bits per heavy atom. The van der Waals surface area contributed by atoms with Crippen molar-refractivity contribution in [2.24, 2.45) is 0 Å². The van der Waals surface area contributed by atoms with E-state index in [1.165, 1.54) is 11.3 Å². The van der Waals surface area contributed by atoms with E-state index in [1.54, 1.807) is 0 Å². The second-order valence-corrected chi connectivity index (χ2v) is 7.79. The van der Waals surface area contributed by atoms with Gasteiger partial charge < -0.3 is 5.11 Å². The first-order valence-corrected chi connectivity index (χ1v) is 9.16. The largest absolute Gasteiger partial charge is 0.481 e. The van der Waals surface area contributed by atoms with Gasteiger partial charge in [0.05, 0.1) is 12.1 Å². The van der Waals surface area contributed by atoms with E-state index in [1.807, 2.05) is 48.5 Å². The summed E-state index contributed by atoms with van der Waals surface area (Å²) in [4.78, 5) is 16.6. The summed E-state index contributed by atoms with van der Waals surface area (Å²) in [6.45, 7) is 0. The molecule has 116 valence electrons. The minimum atomic E-state index is -0.852. The molecule has 0 unspecified atom stereocenters. The van der Waals surface area contributed by atoms with Gasteiger partial charge >= 0.3 is 5.97 Å². The number of nitrogens with zero attached hydrogens (tertiary/aromatic N) is 1. The van der Waals surface area contributed by atoms with Crippen LogP contribution < -0.4 is 0 Å². The van der Waals surface area contributed by atoms with Gasteiger partial charge in [0.15, 0.2) is 0 Å². The second kappa shape index (κ2) is 6.95. The molecule has 0 saturated heterocycles. The molecule has 23 heavy (non-hydrogen) atoms. The molecule has 0 fully saturated rings. The summed E-state index contributed by atoms with van der Waals surface area (Å²) in [5, 5.41) is 9.99. The lowest BCUT2D eigenvalue weighted by Crippen LogP contribution is -1.99. The van der Waals surface area contributed by atoms with Crippen molar-refractivity contribution >= 4 is 49.2 Å². The van der Waals surface area contributed by atoms with E-state index in [4.69, 9.17) is 5.11 Å². The minimum absolute atomic E-state index is 0.0282. The van der Waals surface area contributed by atoms with Crippen LogP contribution >= 0.6 is 43.2 Å². The molecule has 0 atom stereocenters. The van der Waals surface area contributed by atoms with Gasteiger partial charge in [0.2, 0.25) is 0 Å². The van der Waals surface area contributed by atoms with Crippen LogP contribution in [0.5, 0.6) is 0 Å². The molecule has 3 rings (SSSR count). The zero-order chi connectivity index (χ0) is 16.4. The zero-order valence-electron chi connectivity index (χ0n) is 11.8. The highest BCUT2D eigenvalue weighted by Crippen LogP contribution is 2.35. The maximum Gasteiger partial charge on any atom is 0.308 e. The van der Waals surface area contributed by atoms with E-state index in [0.29, 0.717) is 0 Å². The van der Waals surface area contributed by atoms with E-state index < -0.39 is 5.97 Å². The lowest BCUT2D eigenvalue weighted by atomic mass is 10.1. The summed E-state index contributed by atoms with van der Waals surface area (Å²) in [6, 6.07) is 15.6. The van der Waals surface area contributed by atoms with Crippen LogP contribution in [0.4, 0.5) is 0 Å². The van der Waals surface area contributed by atoms with E-state index in [9.17, 15) is 4.79 Å². The van der Waals surface area contributed by atoms with Crippen molar-refractivity contribution in [3.05, 3.63) is 62.4 Å². The first-order valence-electron chi connectivity index (χ1n) is 6.76. The smallest absolute Gasteiger partial charge is 0.308 e. The number of carbonyl (C=O) groups is 1. The highest BCUT2D eigenvalue weighted by molar-refractivity contribution is 9.10. The van der Waals surface area contributed by atoms with Crippen molar-refractivity contribution in [2.45, 2.75) is 6.42 Å². The first kappa shape index (κ1) is 16.4. The van der Waals surface area contributed by atoms with Gasteiger partial charge in [0.25, 0.3) is 0 Å². The third kappa shape index (κ3) is 3.88. The van der Waals surface area contributed by atoms with Crippen molar-refractivity contribution in [3.63, 3.8) is 0 Å². The number of benzene rings is 2. The maximum atomic E-state index is 11.2. The number of hydrogen-bond acceptors (Lipinski definition) is 3. The Hall–Kier alpha value is -1.50. The molecule has 6 heteroatoms. The van der Waals surface area contributed by atoms with E-state index in [2.05, 4.69) is 36.8 Å². The number of thiazole rings is 1. The van der Waals surface area contributed by atoms with Crippen LogP contribution in [0.25, 0.3) is 21.8 Å². The molecule has 0 saturated carbocycles. The Morgan fingerprint density at radius 2 is 1.48 bits per heavy atom. The molecule has 1 aromatic heterocycles. The van der Waals surface area contributed by atoms with Crippen LogP contribution in [0.3, 0.4) is 0 Å². The number of hydrogen-bond donors (Lipinski definition) is 1. The van der Waals surface area contributed by atoms with Crippen LogP contribution in [0.15, 0.2) is 57.5 Å². The Labute approximate surface area is 154 Å². The van der Waals surface area contributed by atoms with Crippen LogP contribution in [0.1, 0.15) is 4.88 Å². The molecular weight excluding hydrogens is 442 g/mol. The highest BCUT2D eigenvalue weighted by Gasteiger charge is 2.16. The van der Waals surface area contributed by atoms with Gasteiger partial charge in [0, 0.05) is 24.9 Å². The average Bonchev–Trinajstić information content (AvgIpc) is 2.92. The summed E-state index contributed by atoms with van der Waals surface area (Å²) in [5.41, 5.74) is 2.64. The maximum absolute atomic E-state index is 11.2. The van der Waals surface area contributed by atoms with Crippen molar-refractivity contribution in [2.75, 3.05) is 0 Å². The quantitative estimate of drug-likeness (QED) is 0.558. The summed E-state index contributed by atoms with van der Waals surface area (Å²) in [5.74, 6) is -0.852. The van der Waals surface area contributed by atoms with Gasteiger partial charge in [-0.25, -0.2) is 4.98 Å². The summed E-state index contributed by atoms with van der Waals surface area (Å²) in [7, 11) is 0. The van der Waals surface area contributed by atoms with Crippen LogP contribution in [0.2, 0.25) is 0 Å². The average molecular weight is 453 g/mol. The van der Waals surface area contributed by atoms with E-state index in [0.717, 1.165) is 35.7 Å². The molecule has 0 amide bonds. The molecular formula is C17H11Br2NO2S. The number of aliphatic carboxylic acids is 1. The van der Waals surface area contributed by atoms with Crippen molar-refractivity contribution in [1.82, 2.24) is 4.98 Å². The number of carboxylic acid groups (broad SMARTS) is 1. The van der Waals surface area contributed by atoms with Gasteiger partial charge in [-0.1, -0.05) is 56.1 Å². The molecule has 0 aliphatic rings. The predicted octanol–water partition coefficient (Wildman–Crippen LogP) is 5.63. The Kier molecular flexibility index (Phi) is 4.94. The third-order valence-electron chi connectivity index (χ3n) is 3.22. The minimum Gasteiger partial charge on any atom is -0.481 e. The fraction of sp³-hybridized carbons (Fsp3) is 0.0588. The highest BCUT2D eigenvalue weighted by atomic mass is 79.9. The number of aromatic nitrogens is 1. The Balaban J connectivity index is 2.08. The van der Waals surface area contributed by atoms with Gasteiger partial charge in [-0.15, -0.1) is 11.3 Å². The molecule has 1 N–H and O–H groups in total. The summed E-state index contributed by atoms with van der Waals surface area (Å²) in [6.07, 6.45) is -0.0282. The van der Waals surface area contributed by atoms with E-state index in [-0.39, 0.29) is 6.42 Å². The SMILES string of the molecule is O=C(O)Cc1sc(-c2ccc(Br)cc2)nc1-c1ccc(Br)cc1. The Bertz CT molecular complexity index is 842. The standard InChI is InChI=1S/C17H11Br2NO2S/c18-12-5-1-10(2-6-12)16-14(9-15(21)22)23-17(20-16)11-3-7-13(19)8-4-11/h1-8H,9H2,(H,21,22). The van der Waals surface area contributed by atoms with Gasteiger partial charge in [-0.3, -0.25) is 4.79 Å². The number of halogens is 2. The first-order chi connectivity index (χ1) is 11.0. The molecule has 3 nitrogen and oxygen atoms in total. The fourth-order valence-electron chi connectivity index (χ4n) is 2.16. The molecule has 0 spiro atoms. The van der Waals surface area contributed by atoms with E-state index >= 15 is 0 Å². The van der Waals surface area contributed by atoms with Crippen LogP contribution in [-0.2, 0) is 11.2 Å². The topological polar surface area (TPSA) is 50.2 Å². The molecule has 1 heterocycles. The van der Waals surface area contributed by atoms with Crippen LogP contribution in [0, 0.1) is 0 Å². The monoisotopic (exact) mass is 451 g/mol. The molecule has 0 radical (unpaired) electrons. The molecule has 0 aliphatic heterocycles. The third-order valence-corrected chi connectivity index (χ3v) is 5.38. The molecule has 0 aliphatic carbocycles.